The van der Waals surface area contributed by atoms with E-state index in [1.165, 1.54) is 23.3 Å². The number of amides is 1. The monoisotopic (exact) mass is 342 g/mol. The van der Waals surface area contributed by atoms with Gasteiger partial charge in [0.1, 0.15) is 0 Å². The summed E-state index contributed by atoms with van der Waals surface area (Å²) in [5, 5.41) is 9.18. The molecule has 1 amide bonds. The van der Waals surface area contributed by atoms with Crippen molar-refractivity contribution in [3.8, 4) is 0 Å². The van der Waals surface area contributed by atoms with Crippen molar-refractivity contribution in [3.63, 3.8) is 0 Å². The van der Waals surface area contributed by atoms with Gasteiger partial charge in [0.15, 0.2) is 5.82 Å². The first-order valence-electron chi connectivity index (χ1n) is 6.77. The summed E-state index contributed by atoms with van der Waals surface area (Å²) >= 11 is 7.53. The van der Waals surface area contributed by atoms with Gasteiger partial charge in [-0.15, -0.1) is 11.3 Å². The lowest BCUT2D eigenvalue weighted by Crippen LogP contribution is -2.36. The molecule has 0 bridgehead atoms. The second-order valence-corrected chi connectivity index (χ2v) is 6.46. The van der Waals surface area contributed by atoms with E-state index in [0.717, 1.165) is 34.0 Å². The number of morpholine rings is 1. The van der Waals surface area contributed by atoms with Crippen LogP contribution in [0.25, 0.3) is 10.2 Å². The molecular weight excluding hydrogens is 328 g/mol. The van der Waals surface area contributed by atoms with Gasteiger partial charge in [-0.05, 0) is 17.7 Å². The SMILES string of the molecule is CN(Cc1cc2nc(Cl)nc(N3CCOCC3)c2s1)C(=O)O. The molecule has 0 atom stereocenters. The topological polar surface area (TPSA) is 78.8 Å². The van der Waals surface area contributed by atoms with Gasteiger partial charge in [0.05, 0.1) is 30.0 Å². The molecule has 9 heteroatoms. The van der Waals surface area contributed by atoms with Gasteiger partial charge in [-0.1, -0.05) is 0 Å². The molecular formula is C13H15ClN4O3S. The summed E-state index contributed by atoms with van der Waals surface area (Å²) in [6, 6.07) is 1.87. The molecule has 1 fully saturated rings. The molecule has 0 saturated carbocycles. The van der Waals surface area contributed by atoms with E-state index >= 15 is 0 Å². The van der Waals surface area contributed by atoms with E-state index in [1.807, 2.05) is 6.07 Å². The molecule has 1 aliphatic rings. The molecule has 1 saturated heterocycles. The van der Waals surface area contributed by atoms with E-state index in [-0.39, 0.29) is 5.28 Å². The molecule has 3 heterocycles. The molecule has 0 aliphatic carbocycles. The van der Waals surface area contributed by atoms with Gasteiger partial charge in [0.2, 0.25) is 5.28 Å². The first kappa shape index (κ1) is 15.3. The van der Waals surface area contributed by atoms with Crippen LogP contribution in [0.4, 0.5) is 10.6 Å². The number of rotatable bonds is 3. The Bertz CT molecular complexity index is 702. The minimum absolute atomic E-state index is 0.199. The van der Waals surface area contributed by atoms with E-state index in [2.05, 4.69) is 14.9 Å². The van der Waals surface area contributed by atoms with E-state index in [0.29, 0.717) is 19.8 Å². The summed E-state index contributed by atoms with van der Waals surface area (Å²) in [7, 11) is 1.54. The van der Waals surface area contributed by atoms with Crippen LogP contribution in [0.2, 0.25) is 5.28 Å². The molecule has 2 aromatic rings. The molecule has 1 N–H and O–H groups in total. The standard InChI is InChI=1S/C13H15ClN4O3S/c1-17(13(19)20)7-8-6-9-10(22-8)11(16-12(14)15-9)18-2-4-21-5-3-18/h6H,2-5,7H2,1H3,(H,19,20). The van der Waals surface area contributed by atoms with Crippen molar-refractivity contribution in [1.29, 1.82) is 0 Å². The number of thiophene rings is 1. The van der Waals surface area contributed by atoms with Crippen LogP contribution in [-0.2, 0) is 11.3 Å². The highest BCUT2D eigenvalue weighted by Gasteiger charge is 2.19. The third kappa shape index (κ3) is 3.08. The van der Waals surface area contributed by atoms with Crippen LogP contribution in [0.5, 0.6) is 0 Å². The molecule has 0 aromatic carbocycles. The van der Waals surface area contributed by atoms with Gasteiger partial charge in [-0.25, -0.2) is 9.78 Å². The maximum Gasteiger partial charge on any atom is 0.407 e. The Balaban J connectivity index is 1.97. The minimum atomic E-state index is -0.963. The molecule has 118 valence electrons. The molecule has 2 aromatic heterocycles. The number of halogens is 1. The lowest BCUT2D eigenvalue weighted by molar-refractivity contribution is 0.122. The van der Waals surface area contributed by atoms with Gasteiger partial charge in [0, 0.05) is 25.0 Å². The predicted octanol–water partition coefficient (Wildman–Crippen LogP) is 2.29. The van der Waals surface area contributed by atoms with Gasteiger partial charge >= 0.3 is 6.09 Å². The van der Waals surface area contributed by atoms with Crippen molar-refractivity contribution < 1.29 is 14.6 Å². The van der Waals surface area contributed by atoms with Gasteiger partial charge in [0.25, 0.3) is 0 Å². The van der Waals surface area contributed by atoms with Crippen LogP contribution in [0.3, 0.4) is 0 Å². The number of nitrogens with zero attached hydrogens (tertiary/aromatic N) is 4. The second kappa shape index (κ2) is 6.23. The molecule has 0 spiro atoms. The van der Waals surface area contributed by atoms with Crippen LogP contribution in [0.1, 0.15) is 4.88 Å². The zero-order valence-electron chi connectivity index (χ0n) is 12.0. The van der Waals surface area contributed by atoms with Crippen molar-refractivity contribution >= 4 is 45.1 Å². The number of aromatic nitrogens is 2. The highest BCUT2D eigenvalue weighted by Crippen LogP contribution is 2.33. The maximum absolute atomic E-state index is 10.9. The fourth-order valence-electron chi connectivity index (χ4n) is 2.31. The lowest BCUT2D eigenvalue weighted by Gasteiger charge is -2.28. The largest absolute Gasteiger partial charge is 0.465 e. The number of carbonyl (C=O) groups is 1. The number of hydrogen-bond acceptors (Lipinski definition) is 6. The van der Waals surface area contributed by atoms with Crippen LogP contribution in [0, 0.1) is 0 Å². The Morgan fingerprint density at radius 1 is 1.50 bits per heavy atom. The van der Waals surface area contributed by atoms with E-state index in [1.54, 1.807) is 0 Å². The normalized spacial score (nSPS) is 15.3. The fraction of sp³-hybridized carbons (Fsp3) is 0.462. The molecule has 0 radical (unpaired) electrons. The average molecular weight is 343 g/mol. The van der Waals surface area contributed by atoms with E-state index in [4.69, 9.17) is 21.4 Å². The van der Waals surface area contributed by atoms with Crippen LogP contribution < -0.4 is 4.90 Å². The van der Waals surface area contributed by atoms with Crippen molar-refractivity contribution in [2.75, 3.05) is 38.3 Å². The summed E-state index contributed by atoms with van der Waals surface area (Å²) < 4.78 is 6.29. The second-order valence-electron chi connectivity index (χ2n) is 4.98. The molecule has 7 nitrogen and oxygen atoms in total. The maximum atomic E-state index is 10.9. The first-order chi connectivity index (χ1) is 10.5. The zero-order chi connectivity index (χ0) is 15.7. The highest BCUT2D eigenvalue weighted by atomic mass is 35.5. The number of fused-ring (bicyclic) bond motifs is 1. The summed E-state index contributed by atoms with van der Waals surface area (Å²) in [5.74, 6) is 0.799. The number of anilines is 1. The summed E-state index contributed by atoms with van der Waals surface area (Å²) in [6.45, 7) is 3.14. The fourth-order valence-corrected chi connectivity index (χ4v) is 3.64. The van der Waals surface area contributed by atoms with Crippen molar-refractivity contribution in [1.82, 2.24) is 14.9 Å². The predicted molar refractivity (Wildman–Crippen MR) is 84.9 cm³/mol. The average Bonchev–Trinajstić information content (AvgIpc) is 2.89. The quantitative estimate of drug-likeness (QED) is 0.862. The van der Waals surface area contributed by atoms with Crippen LogP contribution >= 0.6 is 22.9 Å². The molecule has 1 aliphatic heterocycles. The van der Waals surface area contributed by atoms with Crippen molar-refractivity contribution in [2.45, 2.75) is 6.54 Å². The Morgan fingerprint density at radius 2 is 2.23 bits per heavy atom. The smallest absolute Gasteiger partial charge is 0.407 e. The third-order valence-corrected chi connectivity index (χ3v) is 4.68. The van der Waals surface area contributed by atoms with E-state index < -0.39 is 6.09 Å². The Labute approximate surface area is 136 Å². The van der Waals surface area contributed by atoms with Gasteiger partial charge < -0.3 is 19.6 Å². The van der Waals surface area contributed by atoms with Crippen molar-refractivity contribution in [3.05, 3.63) is 16.2 Å². The molecule has 3 rings (SSSR count). The highest BCUT2D eigenvalue weighted by molar-refractivity contribution is 7.19. The molecule has 0 unspecified atom stereocenters. The van der Waals surface area contributed by atoms with Gasteiger partial charge in [-0.3, -0.25) is 0 Å². The third-order valence-electron chi connectivity index (χ3n) is 3.41. The lowest BCUT2D eigenvalue weighted by atomic mass is 10.3. The number of ether oxygens (including phenoxy) is 1. The van der Waals surface area contributed by atoms with Crippen LogP contribution in [0.15, 0.2) is 6.07 Å². The van der Waals surface area contributed by atoms with Gasteiger partial charge in [-0.2, -0.15) is 4.98 Å². The van der Waals surface area contributed by atoms with Crippen LogP contribution in [-0.4, -0.2) is 59.4 Å². The summed E-state index contributed by atoms with van der Waals surface area (Å²) in [5.41, 5.74) is 0.750. The Kier molecular flexibility index (Phi) is 4.32. The Morgan fingerprint density at radius 3 is 2.91 bits per heavy atom. The summed E-state index contributed by atoms with van der Waals surface area (Å²) in [6.07, 6.45) is -0.963. The number of carboxylic acid groups (broad SMARTS) is 1. The Hall–Kier alpha value is -1.64. The number of hydrogen-bond donors (Lipinski definition) is 1. The van der Waals surface area contributed by atoms with E-state index in [9.17, 15) is 4.79 Å². The minimum Gasteiger partial charge on any atom is -0.465 e. The van der Waals surface area contributed by atoms with Crippen molar-refractivity contribution in [2.24, 2.45) is 0 Å². The summed E-state index contributed by atoms with van der Waals surface area (Å²) in [4.78, 5) is 23.8. The first-order valence-corrected chi connectivity index (χ1v) is 7.97. The molecule has 22 heavy (non-hydrogen) atoms. The zero-order valence-corrected chi connectivity index (χ0v) is 13.5.